The van der Waals surface area contributed by atoms with Crippen LogP contribution in [0.3, 0.4) is 0 Å². The van der Waals surface area contributed by atoms with Crippen LogP contribution in [-0.4, -0.2) is 53.2 Å². The van der Waals surface area contributed by atoms with Crippen molar-refractivity contribution in [3.63, 3.8) is 0 Å². The van der Waals surface area contributed by atoms with Gasteiger partial charge >= 0.3 is 5.97 Å². The second-order valence-corrected chi connectivity index (χ2v) is 6.07. The van der Waals surface area contributed by atoms with Crippen LogP contribution in [-0.2, 0) is 19.1 Å². The minimum absolute atomic E-state index is 0.0364. The SMILES string of the molecule is COC(=O)C1=CC2=NC(=S)N(CCC(=O)NC(C)C)C(=O)C2C=C1. The molecular weight excluding hydrogens is 330 g/mol. The number of hydrogen-bond acceptors (Lipinski definition) is 5. The normalized spacial score (nSPS) is 19.7. The zero-order valence-electron chi connectivity index (χ0n) is 13.7. The van der Waals surface area contributed by atoms with E-state index >= 15 is 0 Å². The maximum atomic E-state index is 12.6. The maximum Gasteiger partial charge on any atom is 0.337 e. The minimum atomic E-state index is -0.599. The number of fused-ring (bicyclic) bond motifs is 1. The van der Waals surface area contributed by atoms with Crippen molar-refractivity contribution in [3.05, 3.63) is 23.8 Å². The van der Waals surface area contributed by atoms with Crippen molar-refractivity contribution in [2.24, 2.45) is 10.9 Å². The molecule has 0 radical (unpaired) electrons. The monoisotopic (exact) mass is 349 g/mol. The first-order valence-electron chi connectivity index (χ1n) is 7.55. The highest BCUT2D eigenvalue weighted by Gasteiger charge is 2.35. The minimum Gasteiger partial charge on any atom is -0.465 e. The van der Waals surface area contributed by atoms with E-state index in [0.717, 1.165) is 0 Å². The Balaban J connectivity index is 2.11. The van der Waals surface area contributed by atoms with Crippen molar-refractivity contribution in [1.29, 1.82) is 0 Å². The number of methoxy groups -OCH3 is 1. The molecule has 0 bridgehead atoms. The second-order valence-electron chi connectivity index (χ2n) is 5.71. The smallest absolute Gasteiger partial charge is 0.337 e. The number of nitrogens with zero attached hydrogens (tertiary/aromatic N) is 2. The van der Waals surface area contributed by atoms with Crippen LogP contribution in [0.5, 0.6) is 0 Å². The highest BCUT2D eigenvalue weighted by Crippen LogP contribution is 2.23. The van der Waals surface area contributed by atoms with E-state index in [1.165, 1.54) is 24.2 Å². The second kappa shape index (κ2) is 7.48. The van der Waals surface area contributed by atoms with Crippen LogP contribution in [0.2, 0.25) is 0 Å². The fourth-order valence-corrected chi connectivity index (χ4v) is 2.68. The number of allylic oxidation sites excluding steroid dienone is 1. The number of nitrogens with one attached hydrogen (secondary N) is 1. The maximum absolute atomic E-state index is 12.6. The molecule has 0 fully saturated rings. The molecule has 0 saturated carbocycles. The molecule has 1 atom stereocenters. The van der Waals surface area contributed by atoms with Gasteiger partial charge in [-0.15, -0.1) is 0 Å². The van der Waals surface area contributed by atoms with Crippen LogP contribution >= 0.6 is 12.2 Å². The number of amides is 2. The van der Waals surface area contributed by atoms with Crippen molar-refractivity contribution in [1.82, 2.24) is 10.2 Å². The summed E-state index contributed by atoms with van der Waals surface area (Å²) < 4.78 is 4.65. The highest BCUT2D eigenvalue weighted by molar-refractivity contribution is 7.80. The molecule has 2 aliphatic rings. The number of ether oxygens (including phenoxy) is 1. The molecule has 1 aliphatic heterocycles. The molecule has 0 spiro atoms. The molecule has 2 rings (SSSR count). The molecule has 1 aliphatic carbocycles. The first-order valence-corrected chi connectivity index (χ1v) is 7.95. The Morgan fingerprint density at radius 3 is 2.79 bits per heavy atom. The van der Waals surface area contributed by atoms with Crippen LogP contribution in [0.15, 0.2) is 28.8 Å². The van der Waals surface area contributed by atoms with E-state index in [4.69, 9.17) is 12.2 Å². The Hall–Kier alpha value is -2.35. The summed E-state index contributed by atoms with van der Waals surface area (Å²) >= 11 is 5.16. The van der Waals surface area contributed by atoms with Gasteiger partial charge in [-0.05, 0) is 32.1 Å². The van der Waals surface area contributed by atoms with Gasteiger partial charge in [0.2, 0.25) is 16.9 Å². The predicted molar refractivity (Wildman–Crippen MR) is 92.4 cm³/mol. The van der Waals surface area contributed by atoms with Crippen LogP contribution in [0.1, 0.15) is 20.3 Å². The topological polar surface area (TPSA) is 88.1 Å². The molecule has 0 aromatic heterocycles. The Morgan fingerprint density at radius 1 is 1.46 bits per heavy atom. The van der Waals surface area contributed by atoms with Gasteiger partial charge in [0, 0.05) is 19.0 Å². The third-order valence-corrected chi connectivity index (χ3v) is 3.82. The van der Waals surface area contributed by atoms with E-state index in [-0.39, 0.29) is 35.9 Å². The van der Waals surface area contributed by atoms with Gasteiger partial charge in [0.1, 0.15) is 0 Å². The fourth-order valence-electron chi connectivity index (χ4n) is 2.40. The molecule has 8 heteroatoms. The van der Waals surface area contributed by atoms with E-state index in [2.05, 4.69) is 15.0 Å². The first kappa shape index (κ1) is 18.0. The lowest BCUT2D eigenvalue weighted by molar-refractivity contribution is -0.136. The van der Waals surface area contributed by atoms with E-state index in [9.17, 15) is 14.4 Å². The molecule has 1 heterocycles. The van der Waals surface area contributed by atoms with Crippen molar-refractivity contribution in [3.8, 4) is 0 Å². The van der Waals surface area contributed by atoms with E-state index < -0.39 is 11.9 Å². The number of carbonyl (C=O) groups is 3. The van der Waals surface area contributed by atoms with E-state index in [0.29, 0.717) is 11.3 Å². The van der Waals surface area contributed by atoms with Gasteiger partial charge in [0.25, 0.3) is 0 Å². The zero-order valence-corrected chi connectivity index (χ0v) is 14.6. The van der Waals surface area contributed by atoms with E-state index in [1.807, 2.05) is 13.8 Å². The van der Waals surface area contributed by atoms with Crippen LogP contribution in [0, 0.1) is 5.92 Å². The molecule has 1 N–H and O–H groups in total. The predicted octanol–water partition coefficient (Wildman–Crippen LogP) is 0.755. The molecule has 1 unspecified atom stereocenters. The number of thiocarbonyl (C=S) groups is 1. The quantitative estimate of drug-likeness (QED) is 0.585. The summed E-state index contributed by atoms with van der Waals surface area (Å²) in [5, 5.41) is 2.86. The number of rotatable bonds is 5. The molecule has 128 valence electrons. The summed E-state index contributed by atoms with van der Waals surface area (Å²) in [5.74, 6) is -1.50. The zero-order chi connectivity index (χ0) is 17.9. The van der Waals surface area contributed by atoms with Crippen molar-refractivity contribution in [2.45, 2.75) is 26.3 Å². The third-order valence-electron chi connectivity index (χ3n) is 3.51. The fraction of sp³-hybridized carbons (Fsp3) is 0.438. The van der Waals surface area contributed by atoms with Gasteiger partial charge in [0.15, 0.2) is 0 Å². The van der Waals surface area contributed by atoms with Gasteiger partial charge in [-0.3, -0.25) is 14.5 Å². The van der Waals surface area contributed by atoms with Crippen LogP contribution in [0.25, 0.3) is 0 Å². The molecular formula is C16H19N3O4S. The standard InChI is InChI=1S/C16H19N3O4S/c1-9(2)17-13(20)6-7-19-14(21)11-5-4-10(15(22)23-3)8-12(11)18-16(19)24/h4-5,8-9,11H,6-7H2,1-3H3,(H,17,20). The molecule has 0 aromatic carbocycles. The summed E-state index contributed by atoms with van der Waals surface area (Å²) in [6, 6.07) is 0.0364. The van der Waals surface area contributed by atoms with Gasteiger partial charge in [-0.1, -0.05) is 12.2 Å². The third kappa shape index (κ3) is 3.94. The van der Waals surface area contributed by atoms with Crippen LogP contribution < -0.4 is 5.32 Å². The van der Waals surface area contributed by atoms with Gasteiger partial charge in [0.05, 0.1) is 24.3 Å². The van der Waals surface area contributed by atoms with Crippen molar-refractivity contribution >= 4 is 40.8 Å². The number of carbonyl (C=O) groups excluding carboxylic acids is 3. The number of aliphatic imine (C=N–C) groups is 1. The average Bonchev–Trinajstić information content (AvgIpc) is 2.52. The Bertz CT molecular complexity index is 679. The molecule has 2 amide bonds. The largest absolute Gasteiger partial charge is 0.465 e. The van der Waals surface area contributed by atoms with E-state index in [1.54, 1.807) is 6.08 Å². The summed E-state index contributed by atoms with van der Waals surface area (Å²) in [5.41, 5.74) is 0.726. The summed E-state index contributed by atoms with van der Waals surface area (Å²) in [6.45, 7) is 3.90. The Labute approximate surface area is 145 Å². The average molecular weight is 349 g/mol. The van der Waals surface area contributed by atoms with Gasteiger partial charge < -0.3 is 10.1 Å². The highest BCUT2D eigenvalue weighted by atomic mass is 32.1. The lowest BCUT2D eigenvalue weighted by Crippen LogP contribution is -2.47. The molecule has 24 heavy (non-hydrogen) atoms. The van der Waals surface area contributed by atoms with Gasteiger partial charge in [-0.2, -0.15) is 0 Å². The lowest BCUT2D eigenvalue weighted by Gasteiger charge is -2.30. The first-order chi connectivity index (χ1) is 11.3. The number of esters is 1. The van der Waals surface area contributed by atoms with Crippen molar-refractivity contribution < 1.29 is 19.1 Å². The molecule has 0 aromatic rings. The summed E-state index contributed by atoms with van der Waals surface area (Å²) in [7, 11) is 1.28. The Kier molecular flexibility index (Phi) is 5.61. The summed E-state index contributed by atoms with van der Waals surface area (Å²) in [6.07, 6.45) is 4.78. The summed E-state index contributed by atoms with van der Waals surface area (Å²) in [4.78, 5) is 41.4. The van der Waals surface area contributed by atoms with Crippen LogP contribution in [0.4, 0.5) is 0 Å². The number of hydrogen-bond donors (Lipinski definition) is 1. The molecule has 0 saturated heterocycles. The Morgan fingerprint density at radius 2 is 2.17 bits per heavy atom. The van der Waals surface area contributed by atoms with Gasteiger partial charge in [-0.25, -0.2) is 9.79 Å². The lowest BCUT2D eigenvalue weighted by atomic mass is 9.92. The van der Waals surface area contributed by atoms with Crippen molar-refractivity contribution in [2.75, 3.05) is 13.7 Å². The molecule has 7 nitrogen and oxygen atoms in total.